The summed E-state index contributed by atoms with van der Waals surface area (Å²) in [7, 11) is 0. The molecule has 186 valence electrons. The fourth-order valence-electron chi connectivity index (χ4n) is 5.00. The number of esters is 2. The Bertz CT molecular complexity index is 926. The van der Waals surface area contributed by atoms with E-state index in [0.717, 1.165) is 5.56 Å². The van der Waals surface area contributed by atoms with Gasteiger partial charge in [-0.05, 0) is 47.0 Å². The molecule has 0 saturated heterocycles. The second-order valence-electron chi connectivity index (χ2n) is 9.43. The number of aliphatic hydroxyl groups is 4. The molecule has 3 rings (SSSR count). The van der Waals surface area contributed by atoms with Crippen molar-refractivity contribution in [3.05, 3.63) is 59.7 Å². The maximum atomic E-state index is 12.7. The summed E-state index contributed by atoms with van der Waals surface area (Å²) in [5, 5.41) is 41.8. The summed E-state index contributed by atoms with van der Waals surface area (Å²) in [6, 6.07) is 9.49. The summed E-state index contributed by atoms with van der Waals surface area (Å²) in [4.78, 5) is 24.4. The maximum Gasteiger partial charge on any atom is 0.306 e. The summed E-state index contributed by atoms with van der Waals surface area (Å²) < 4.78 is 11.0. The third-order valence-electron chi connectivity index (χ3n) is 7.16. The minimum atomic E-state index is -1.45. The van der Waals surface area contributed by atoms with E-state index in [1.165, 1.54) is 13.0 Å². The number of fused-ring (bicyclic) bond motifs is 1. The summed E-state index contributed by atoms with van der Waals surface area (Å²) >= 11 is 0. The predicted octanol–water partition coefficient (Wildman–Crippen LogP) is 1.31. The minimum Gasteiger partial charge on any atom is -0.458 e. The zero-order valence-electron chi connectivity index (χ0n) is 19.6. The van der Waals surface area contributed by atoms with Gasteiger partial charge in [-0.25, -0.2) is 0 Å². The number of hydrogen-bond acceptors (Lipinski definition) is 8. The van der Waals surface area contributed by atoms with Crippen molar-refractivity contribution in [3.63, 3.8) is 0 Å². The Kier molecular flexibility index (Phi) is 8.30. The van der Waals surface area contributed by atoms with Crippen LogP contribution in [0.25, 0.3) is 0 Å². The molecule has 7 atom stereocenters. The van der Waals surface area contributed by atoms with E-state index < -0.39 is 54.3 Å². The Labute approximate surface area is 199 Å². The number of carbonyl (C=O) groups is 2. The first-order chi connectivity index (χ1) is 16.1. The van der Waals surface area contributed by atoms with Crippen LogP contribution in [0, 0.1) is 17.3 Å². The number of aryl methyl sites for hydroxylation is 1. The van der Waals surface area contributed by atoms with Crippen LogP contribution in [0.3, 0.4) is 0 Å². The van der Waals surface area contributed by atoms with E-state index in [1.807, 2.05) is 37.3 Å². The second-order valence-corrected chi connectivity index (χ2v) is 9.43. The Morgan fingerprint density at radius 1 is 1.12 bits per heavy atom. The lowest BCUT2D eigenvalue weighted by atomic mass is 9.91. The molecule has 0 spiro atoms. The fourth-order valence-corrected chi connectivity index (χ4v) is 5.00. The van der Waals surface area contributed by atoms with Gasteiger partial charge in [-0.2, -0.15) is 0 Å². The van der Waals surface area contributed by atoms with Crippen molar-refractivity contribution in [2.45, 2.75) is 57.5 Å². The third kappa shape index (κ3) is 5.58. The summed E-state index contributed by atoms with van der Waals surface area (Å²) in [5.74, 6) is -1.83. The molecule has 0 amide bonds. The van der Waals surface area contributed by atoms with E-state index in [-0.39, 0.29) is 36.5 Å². The van der Waals surface area contributed by atoms with Crippen LogP contribution >= 0.6 is 0 Å². The molecule has 2 aliphatic rings. The monoisotopic (exact) mass is 474 g/mol. The molecule has 0 bridgehead atoms. The van der Waals surface area contributed by atoms with Gasteiger partial charge in [0, 0.05) is 25.9 Å². The van der Waals surface area contributed by atoms with Gasteiger partial charge in [0.1, 0.15) is 12.2 Å². The van der Waals surface area contributed by atoms with Crippen molar-refractivity contribution in [3.8, 4) is 0 Å². The van der Waals surface area contributed by atoms with Crippen LogP contribution in [-0.2, 0) is 25.5 Å². The molecule has 1 aromatic rings. The first-order valence-electron chi connectivity index (χ1n) is 11.5. The van der Waals surface area contributed by atoms with Crippen molar-refractivity contribution in [2.75, 3.05) is 13.2 Å². The molecule has 8 heteroatoms. The van der Waals surface area contributed by atoms with Crippen LogP contribution < -0.4 is 0 Å². The number of ether oxygens (including phenoxy) is 2. The van der Waals surface area contributed by atoms with Crippen molar-refractivity contribution in [2.24, 2.45) is 17.3 Å². The normalized spacial score (nSPS) is 34.9. The number of rotatable bonds is 7. The first kappa shape index (κ1) is 26.1. The second kappa shape index (κ2) is 10.8. The molecule has 8 nitrogen and oxygen atoms in total. The highest BCUT2D eigenvalue weighted by atomic mass is 16.6. The van der Waals surface area contributed by atoms with Gasteiger partial charge in [-0.15, -0.1) is 0 Å². The minimum absolute atomic E-state index is 0.0604. The molecule has 34 heavy (non-hydrogen) atoms. The van der Waals surface area contributed by atoms with E-state index in [4.69, 9.17) is 9.47 Å². The fraction of sp³-hybridized carbons (Fsp3) is 0.538. The lowest BCUT2D eigenvalue weighted by Gasteiger charge is -2.29. The first-order valence-corrected chi connectivity index (χ1v) is 11.5. The van der Waals surface area contributed by atoms with Gasteiger partial charge in [0.25, 0.3) is 0 Å². The summed E-state index contributed by atoms with van der Waals surface area (Å²) in [5.41, 5.74) is 0.635. The molecule has 0 radical (unpaired) electrons. The van der Waals surface area contributed by atoms with Gasteiger partial charge in [0.2, 0.25) is 0 Å². The molecule has 2 aliphatic carbocycles. The molecule has 1 saturated carbocycles. The smallest absolute Gasteiger partial charge is 0.306 e. The quantitative estimate of drug-likeness (QED) is 0.343. The molecule has 0 unspecified atom stereocenters. The van der Waals surface area contributed by atoms with E-state index in [1.54, 1.807) is 0 Å². The lowest BCUT2D eigenvalue weighted by molar-refractivity contribution is -0.150. The Morgan fingerprint density at radius 2 is 1.79 bits per heavy atom. The SMILES string of the molecule is C=C1[C@@H](O)[C@@H]2[C@H](C[C@@H](OC(=O)CCc3ccccc3)/C(CO)=C/[C@@H](OC(C)=O)[C@H]1O)[C@]2(C)CO. The lowest BCUT2D eigenvalue weighted by Crippen LogP contribution is -2.37. The number of hydrogen-bond donors (Lipinski definition) is 4. The highest BCUT2D eigenvalue weighted by molar-refractivity contribution is 5.70. The van der Waals surface area contributed by atoms with Crippen molar-refractivity contribution >= 4 is 11.9 Å². The van der Waals surface area contributed by atoms with Gasteiger partial charge in [-0.1, -0.05) is 43.8 Å². The van der Waals surface area contributed by atoms with Gasteiger partial charge in [0.15, 0.2) is 6.10 Å². The van der Waals surface area contributed by atoms with E-state index in [2.05, 4.69) is 6.58 Å². The Balaban J connectivity index is 1.89. The summed E-state index contributed by atoms with van der Waals surface area (Å²) in [6.45, 7) is 6.08. The van der Waals surface area contributed by atoms with Gasteiger partial charge >= 0.3 is 11.9 Å². The maximum absolute atomic E-state index is 12.7. The molecular weight excluding hydrogens is 440 g/mol. The van der Waals surface area contributed by atoms with Crippen LogP contribution in [0.2, 0.25) is 0 Å². The van der Waals surface area contributed by atoms with Crippen LogP contribution in [-0.4, -0.2) is 70.0 Å². The van der Waals surface area contributed by atoms with Gasteiger partial charge in [0.05, 0.1) is 12.7 Å². The highest BCUT2D eigenvalue weighted by Gasteiger charge is 2.65. The standard InChI is InChI=1S/C26H34O8/c1-15-24(31)21(33-16(2)29)11-18(13-27)20(12-19-23(25(15)32)26(19,3)14-28)34-22(30)10-9-17-7-5-4-6-8-17/h4-8,11,19-21,23-25,27-28,31-32H,1,9-10,12-14H2,2-3H3/b18-11+/t19-,20+,21+,23-,24-,25+,26-/m0/s1. The third-order valence-corrected chi connectivity index (χ3v) is 7.16. The number of aliphatic hydroxyl groups excluding tert-OH is 4. The van der Waals surface area contributed by atoms with E-state index in [9.17, 15) is 30.0 Å². The molecule has 1 aromatic carbocycles. The van der Waals surface area contributed by atoms with Gasteiger partial charge < -0.3 is 29.9 Å². The Morgan fingerprint density at radius 3 is 2.38 bits per heavy atom. The average Bonchev–Trinajstić information content (AvgIpc) is 3.41. The van der Waals surface area contributed by atoms with Gasteiger partial charge in [-0.3, -0.25) is 9.59 Å². The molecule has 1 fully saturated rings. The zero-order valence-corrected chi connectivity index (χ0v) is 19.6. The number of benzene rings is 1. The zero-order chi connectivity index (χ0) is 25.0. The van der Waals surface area contributed by atoms with Crippen molar-refractivity contribution < 1.29 is 39.5 Å². The van der Waals surface area contributed by atoms with Crippen LogP contribution in [0.1, 0.15) is 32.3 Å². The van der Waals surface area contributed by atoms with Crippen LogP contribution in [0.5, 0.6) is 0 Å². The molecule has 0 heterocycles. The van der Waals surface area contributed by atoms with Crippen molar-refractivity contribution in [1.29, 1.82) is 0 Å². The molecular formula is C26H34O8. The molecule has 4 N–H and O–H groups in total. The summed E-state index contributed by atoms with van der Waals surface area (Å²) in [6.07, 6.45) is -2.50. The largest absolute Gasteiger partial charge is 0.458 e. The predicted molar refractivity (Wildman–Crippen MR) is 123 cm³/mol. The number of carbonyl (C=O) groups excluding carboxylic acids is 2. The highest BCUT2D eigenvalue weighted by Crippen LogP contribution is 2.63. The van der Waals surface area contributed by atoms with Crippen LogP contribution in [0.15, 0.2) is 54.1 Å². The van der Waals surface area contributed by atoms with E-state index >= 15 is 0 Å². The topological polar surface area (TPSA) is 134 Å². The average molecular weight is 475 g/mol. The Hall–Kier alpha value is -2.52. The van der Waals surface area contributed by atoms with Crippen LogP contribution in [0.4, 0.5) is 0 Å². The van der Waals surface area contributed by atoms with Crippen molar-refractivity contribution in [1.82, 2.24) is 0 Å². The molecule has 0 aliphatic heterocycles. The van der Waals surface area contributed by atoms with E-state index in [0.29, 0.717) is 6.42 Å². The molecule has 0 aromatic heterocycles.